The number of nitrogens with zero attached hydrogens (tertiary/aromatic N) is 1. The summed E-state index contributed by atoms with van der Waals surface area (Å²) in [6.45, 7) is -1.45. The molecule has 2 atom stereocenters. The number of nitrogens with one attached hydrogen (secondary N) is 1. The summed E-state index contributed by atoms with van der Waals surface area (Å²) in [4.78, 5) is 18.2. The maximum atomic E-state index is 13.7. The Morgan fingerprint density at radius 2 is 1.77 bits per heavy atom. The normalized spacial score (nSPS) is 18.6. The van der Waals surface area contributed by atoms with Crippen molar-refractivity contribution in [3.8, 4) is 5.75 Å². The van der Waals surface area contributed by atoms with Gasteiger partial charge in [-0.3, -0.25) is 4.79 Å². The summed E-state index contributed by atoms with van der Waals surface area (Å²) in [6.07, 6.45) is -6.28. The number of hydrogen-bond acceptors (Lipinski definition) is 7. The summed E-state index contributed by atoms with van der Waals surface area (Å²) in [7, 11) is -4.00. The van der Waals surface area contributed by atoms with Gasteiger partial charge in [0.25, 0.3) is 5.91 Å². The van der Waals surface area contributed by atoms with E-state index in [4.69, 9.17) is 37.8 Å². The van der Waals surface area contributed by atoms with Crippen LogP contribution in [-0.4, -0.2) is 62.6 Å². The fourth-order valence-electron chi connectivity index (χ4n) is 4.43. The van der Waals surface area contributed by atoms with Gasteiger partial charge in [-0.2, -0.15) is 13.2 Å². The van der Waals surface area contributed by atoms with Gasteiger partial charge in [-0.15, -0.1) is 0 Å². The number of aliphatic hydroxyl groups is 1. The molecule has 0 aliphatic carbocycles. The van der Waals surface area contributed by atoms with E-state index >= 15 is 0 Å². The molecule has 0 unspecified atom stereocenters. The second-order valence-electron chi connectivity index (χ2n) is 9.63. The van der Waals surface area contributed by atoms with E-state index in [9.17, 15) is 26.4 Å². The first-order valence-electron chi connectivity index (χ1n) is 13.0. The average molecular weight is 660 g/mol. The summed E-state index contributed by atoms with van der Waals surface area (Å²) < 4.78 is 77.8. The number of carbonyl (C=O) groups is 1. The van der Waals surface area contributed by atoms with Crippen molar-refractivity contribution in [1.82, 2.24) is 5.32 Å². The lowest BCUT2D eigenvalue weighted by molar-refractivity contribution is -0.143. The van der Waals surface area contributed by atoms with Crippen molar-refractivity contribution in [2.45, 2.75) is 35.6 Å². The molecule has 2 N–H and O–H groups in total. The van der Waals surface area contributed by atoms with Gasteiger partial charge in [0.2, 0.25) is 5.90 Å². The van der Waals surface area contributed by atoms with Crippen LogP contribution in [0.5, 0.6) is 5.75 Å². The molecule has 3 aromatic carbocycles. The van der Waals surface area contributed by atoms with Gasteiger partial charge in [-0.1, -0.05) is 47.5 Å². The van der Waals surface area contributed by atoms with Crippen molar-refractivity contribution in [2.24, 2.45) is 4.99 Å². The van der Waals surface area contributed by atoms with Crippen LogP contribution in [-0.2, 0) is 19.4 Å². The van der Waals surface area contributed by atoms with Crippen LogP contribution in [0.15, 0.2) is 82.7 Å². The van der Waals surface area contributed by atoms with E-state index in [0.29, 0.717) is 17.7 Å². The molecule has 1 aliphatic rings. The number of hydrogen-bond donors (Lipinski definition) is 2. The minimum absolute atomic E-state index is 0.0261. The van der Waals surface area contributed by atoms with Gasteiger partial charge in [0.1, 0.15) is 12.3 Å². The van der Waals surface area contributed by atoms with Crippen molar-refractivity contribution in [1.29, 1.82) is 0 Å². The lowest BCUT2D eigenvalue weighted by atomic mass is 9.85. The third kappa shape index (κ3) is 7.99. The van der Waals surface area contributed by atoms with Crippen LogP contribution in [0.2, 0.25) is 10.0 Å². The SMILES string of the molecule is O=C(NCC(F)(F)F)[C@]1(CCS(=O)(=O)c2ccccc2)N=C(c2ccc(OCCCO)cc2)O[C@@H]1c1ccc(Cl)cc1Cl. The number of benzene rings is 3. The quantitative estimate of drug-likeness (QED) is 0.247. The number of amides is 1. The monoisotopic (exact) mass is 658 g/mol. The van der Waals surface area contributed by atoms with Crippen LogP contribution >= 0.6 is 23.2 Å². The van der Waals surface area contributed by atoms with E-state index in [-0.39, 0.29) is 39.6 Å². The van der Waals surface area contributed by atoms with Gasteiger partial charge in [-0.05, 0) is 48.5 Å². The fourth-order valence-corrected chi connectivity index (χ4v) is 6.33. The Kier molecular flexibility index (Phi) is 10.3. The number of ether oxygens (including phenoxy) is 2. The van der Waals surface area contributed by atoms with Crippen molar-refractivity contribution in [3.05, 3.63) is 94.0 Å². The molecule has 0 spiro atoms. The fraction of sp³-hybridized carbons (Fsp3) is 0.310. The van der Waals surface area contributed by atoms with E-state index < -0.39 is 52.3 Å². The van der Waals surface area contributed by atoms with Crippen LogP contribution in [0.1, 0.15) is 30.1 Å². The Bertz CT molecular complexity index is 1570. The third-order valence-corrected chi connectivity index (χ3v) is 8.87. The number of alkyl halides is 3. The molecular weight excluding hydrogens is 632 g/mol. The van der Waals surface area contributed by atoms with E-state index in [2.05, 4.69) is 4.99 Å². The summed E-state index contributed by atoms with van der Waals surface area (Å²) in [5.74, 6) is -1.48. The lowest BCUT2D eigenvalue weighted by Crippen LogP contribution is -2.51. The Morgan fingerprint density at radius 1 is 1.07 bits per heavy atom. The molecule has 1 amide bonds. The first-order chi connectivity index (χ1) is 20.3. The smallest absolute Gasteiger partial charge is 0.405 e. The van der Waals surface area contributed by atoms with Gasteiger partial charge >= 0.3 is 6.18 Å². The number of halogens is 5. The summed E-state index contributed by atoms with van der Waals surface area (Å²) in [5.41, 5.74) is -1.65. The molecule has 0 radical (unpaired) electrons. The van der Waals surface area contributed by atoms with Crippen LogP contribution in [0.3, 0.4) is 0 Å². The largest absolute Gasteiger partial charge is 0.494 e. The standard InChI is InChI=1S/C29H27Cl2F3N2O6S/c30-20-9-12-23(24(31)17-20)25-28(27(38)35-18-29(32,33)34,13-16-43(39,40)22-5-2-1-3-6-22)36-26(42-25)19-7-10-21(11-8-19)41-15-4-14-37/h1-3,5-12,17,25,37H,4,13-16,18H2,(H,35,38)/t25-,28-/m1/s1. The molecule has 43 heavy (non-hydrogen) atoms. The zero-order valence-corrected chi connectivity index (χ0v) is 24.8. The first kappa shape index (κ1) is 32.6. The highest BCUT2D eigenvalue weighted by molar-refractivity contribution is 7.91. The zero-order valence-electron chi connectivity index (χ0n) is 22.5. The minimum Gasteiger partial charge on any atom is -0.494 e. The topological polar surface area (TPSA) is 114 Å². The molecule has 3 aromatic rings. The van der Waals surface area contributed by atoms with Crippen molar-refractivity contribution >= 4 is 44.8 Å². The van der Waals surface area contributed by atoms with Crippen LogP contribution in [0.4, 0.5) is 13.2 Å². The molecule has 1 heterocycles. The van der Waals surface area contributed by atoms with Crippen LogP contribution in [0, 0.1) is 0 Å². The lowest BCUT2D eigenvalue weighted by Gasteiger charge is -2.31. The van der Waals surface area contributed by atoms with E-state index in [1.54, 1.807) is 30.3 Å². The zero-order chi connectivity index (χ0) is 31.3. The summed E-state index contributed by atoms with van der Waals surface area (Å²) in [6, 6.07) is 18.0. The Hall–Kier alpha value is -3.32. The second kappa shape index (κ2) is 13.5. The van der Waals surface area contributed by atoms with Gasteiger partial charge < -0.3 is 19.9 Å². The number of aliphatic imine (C=N–C) groups is 1. The number of carbonyl (C=O) groups excluding carboxylic acids is 1. The van der Waals surface area contributed by atoms with Crippen molar-refractivity contribution < 1.29 is 41.0 Å². The third-order valence-electron chi connectivity index (χ3n) is 6.58. The van der Waals surface area contributed by atoms with Gasteiger partial charge in [0, 0.05) is 40.6 Å². The second-order valence-corrected chi connectivity index (χ2v) is 12.6. The minimum atomic E-state index is -4.75. The molecule has 0 bridgehead atoms. The maximum absolute atomic E-state index is 13.7. The Labute approximate surface area is 256 Å². The average Bonchev–Trinajstić information content (AvgIpc) is 3.36. The molecule has 0 saturated carbocycles. The predicted molar refractivity (Wildman–Crippen MR) is 155 cm³/mol. The van der Waals surface area contributed by atoms with Crippen molar-refractivity contribution in [2.75, 3.05) is 25.5 Å². The molecule has 14 heteroatoms. The van der Waals surface area contributed by atoms with Gasteiger partial charge in [0.05, 0.1) is 17.3 Å². The van der Waals surface area contributed by atoms with Crippen molar-refractivity contribution in [3.63, 3.8) is 0 Å². The molecule has 4 rings (SSSR count). The van der Waals surface area contributed by atoms with E-state index in [1.165, 1.54) is 42.5 Å². The van der Waals surface area contributed by atoms with Crippen LogP contribution < -0.4 is 10.1 Å². The van der Waals surface area contributed by atoms with Crippen LogP contribution in [0.25, 0.3) is 0 Å². The molecule has 0 aromatic heterocycles. The van der Waals surface area contributed by atoms with Gasteiger partial charge in [-0.25, -0.2) is 13.4 Å². The molecular formula is C29H27Cl2F3N2O6S. The molecule has 0 fully saturated rings. The number of rotatable bonds is 12. The molecule has 230 valence electrons. The first-order valence-corrected chi connectivity index (χ1v) is 15.4. The van der Waals surface area contributed by atoms with E-state index in [0.717, 1.165) is 0 Å². The molecule has 8 nitrogen and oxygen atoms in total. The molecule has 1 aliphatic heterocycles. The Morgan fingerprint density at radius 3 is 2.40 bits per heavy atom. The summed E-state index contributed by atoms with van der Waals surface area (Å²) >= 11 is 12.5. The van der Waals surface area contributed by atoms with Gasteiger partial charge in [0.15, 0.2) is 21.5 Å². The van der Waals surface area contributed by atoms with E-state index in [1.807, 2.05) is 5.32 Å². The highest BCUT2D eigenvalue weighted by atomic mass is 35.5. The highest BCUT2D eigenvalue weighted by Crippen LogP contribution is 2.45. The number of sulfone groups is 1. The predicted octanol–water partition coefficient (Wildman–Crippen LogP) is 5.55. The maximum Gasteiger partial charge on any atom is 0.405 e. The highest BCUT2D eigenvalue weighted by Gasteiger charge is 2.54. The number of aliphatic hydroxyl groups excluding tert-OH is 1. The summed E-state index contributed by atoms with van der Waals surface area (Å²) in [5, 5.41) is 11.1. The Balaban J connectivity index is 1.80. The molecule has 0 saturated heterocycles.